The highest BCUT2D eigenvalue weighted by atomic mass is 16.9. The summed E-state index contributed by atoms with van der Waals surface area (Å²) in [5.74, 6) is -1.12. The van der Waals surface area contributed by atoms with E-state index in [1.807, 2.05) is 30.3 Å². The first kappa shape index (κ1) is 15.9. The van der Waals surface area contributed by atoms with Crippen molar-refractivity contribution in [3.8, 4) is 0 Å². The van der Waals surface area contributed by atoms with Crippen LogP contribution in [0.4, 0.5) is 4.79 Å². The predicted octanol–water partition coefficient (Wildman–Crippen LogP) is 2.52. The molecule has 24 heavy (non-hydrogen) atoms. The van der Waals surface area contributed by atoms with Gasteiger partial charge in [-0.25, -0.2) is 4.79 Å². The Hall–Kier alpha value is -1.63. The second kappa shape index (κ2) is 6.02. The summed E-state index contributed by atoms with van der Waals surface area (Å²) in [4.78, 5) is 14.2. The number of rotatable bonds is 3. The SMILES string of the molecule is CC12COC(C3CCCN3C(=O)OCc3ccccc3)(OC1)OC2. The molecule has 1 aromatic carbocycles. The van der Waals surface area contributed by atoms with E-state index >= 15 is 0 Å². The third-order valence-electron chi connectivity index (χ3n) is 4.97. The monoisotopic (exact) mass is 333 g/mol. The highest BCUT2D eigenvalue weighted by Crippen LogP contribution is 2.43. The first-order chi connectivity index (χ1) is 11.6. The average Bonchev–Trinajstić information content (AvgIpc) is 3.12. The van der Waals surface area contributed by atoms with Crippen LogP contribution in [0.1, 0.15) is 25.3 Å². The van der Waals surface area contributed by atoms with E-state index in [2.05, 4.69) is 6.92 Å². The van der Waals surface area contributed by atoms with Crippen molar-refractivity contribution in [2.24, 2.45) is 5.41 Å². The van der Waals surface area contributed by atoms with E-state index in [4.69, 9.17) is 18.9 Å². The maximum Gasteiger partial charge on any atom is 0.410 e. The maximum atomic E-state index is 12.5. The minimum Gasteiger partial charge on any atom is -0.445 e. The Morgan fingerprint density at radius 1 is 1.21 bits per heavy atom. The standard InChI is InChI=1S/C18H23NO5/c1-17-11-22-18(23-12-17,24-13-17)15-8-5-9-19(15)16(20)21-10-14-6-3-2-4-7-14/h2-4,6-7,15H,5,8-13H2,1H3. The Kier molecular flexibility index (Phi) is 3.98. The van der Waals surface area contributed by atoms with Crippen molar-refractivity contribution in [1.82, 2.24) is 4.90 Å². The molecule has 1 unspecified atom stereocenters. The number of fused-ring (bicyclic) bond motifs is 3. The van der Waals surface area contributed by atoms with Gasteiger partial charge in [-0.3, -0.25) is 4.90 Å². The minimum atomic E-state index is -1.12. The van der Waals surface area contributed by atoms with Crippen LogP contribution < -0.4 is 0 Å². The number of likely N-dealkylation sites (tertiary alicyclic amines) is 1. The first-order valence-electron chi connectivity index (χ1n) is 8.50. The molecule has 4 aliphatic heterocycles. The van der Waals surface area contributed by atoms with E-state index in [9.17, 15) is 4.79 Å². The zero-order valence-corrected chi connectivity index (χ0v) is 13.9. The zero-order valence-electron chi connectivity index (χ0n) is 13.9. The van der Waals surface area contributed by atoms with E-state index in [1.54, 1.807) is 4.90 Å². The number of amides is 1. The molecule has 6 nitrogen and oxygen atoms in total. The summed E-state index contributed by atoms with van der Waals surface area (Å²) in [5.41, 5.74) is 0.883. The molecule has 4 fully saturated rings. The van der Waals surface area contributed by atoms with Gasteiger partial charge in [0.05, 0.1) is 19.8 Å². The van der Waals surface area contributed by atoms with Crippen molar-refractivity contribution in [1.29, 1.82) is 0 Å². The fraction of sp³-hybridized carbons (Fsp3) is 0.611. The second-order valence-electron chi connectivity index (χ2n) is 7.17. The molecule has 4 saturated heterocycles. The third-order valence-corrected chi connectivity index (χ3v) is 4.97. The quantitative estimate of drug-likeness (QED) is 0.851. The number of nitrogens with zero attached hydrogens (tertiary/aromatic N) is 1. The number of carbonyl (C=O) groups excluding carboxylic acids is 1. The molecule has 1 aromatic rings. The number of carbonyl (C=O) groups is 1. The van der Waals surface area contributed by atoms with E-state index in [0.29, 0.717) is 26.4 Å². The zero-order chi connectivity index (χ0) is 16.6. The van der Waals surface area contributed by atoms with Crippen LogP contribution in [0.3, 0.4) is 0 Å². The van der Waals surface area contributed by atoms with Gasteiger partial charge < -0.3 is 18.9 Å². The molecule has 0 saturated carbocycles. The summed E-state index contributed by atoms with van der Waals surface area (Å²) >= 11 is 0. The van der Waals surface area contributed by atoms with Gasteiger partial charge in [-0.05, 0) is 18.4 Å². The van der Waals surface area contributed by atoms with Crippen LogP contribution in [0.25, 0.3) is 0 Å². The molecule has 0 radical (unpaired) electrons. The number of ether oxygens (including phenoxy) is 4. The molecule has 0 aliphatic carbocycles. The van der Waals surface area contributed by atoms with E-state index in [-0.39, 0.29) is 24.2 Å². The van der Waals surface area contributed by atoms with Crippen LogP contribution in [-0.4, -0.2) is 49.4 Å². The number of hydrogen-bond donors (Lipinski definition) is 0. The Morgan fingerprint density at radius 2 is 1.88 bits per heavy atom. The molecule has 6 heteroatoms. The van der Waals surface area contributed by atoms with Crippen molar-refractivity contribution in [2.75, 3.05) is 26.4 Å². The predicted molar refractivity (Wildman–Crippen MR) is 85.0 cm³/mol. The van der Waals surface area contributed by atoms with Gasteiger partial charge in [0.15, 0.2) is 0 Å². The Bertz CT molecular complexity index is 580. The summed E-state index contributed by atoms with van der Waals surface area (Å²) in [6.07, 6.45) is 1.34. The molecule has 5 rings (SSSR count). The van der Waals surface area contributed by atoms with Crippen LogP contribution in [0.15, 0.2) is 30.3 Å². The summed E-state index contributed by atoms with van der Waals surface area (Å²) in [5, 5.41) is 0. The lowest BCUT2D eigenvalue weighted by atomic mass is 9.91. The van der Waals surface area contributed by atoms with Crippen LogP contribution in [0.2, 0.25) is 0 Å². The molecule has 1 atom stereocenters. The number of hydrogen-bond acceptors (Lipinski definition) is 5. The minimum absolute atomic E-state index is 0.0843. The molecular formula is C18H23NO5. The van der Waals surface area contributed by atoms with Gasteiger partial charge in [0.1, 0.15) is 12.6 Å². The highest BCUT2D eigenvalue weighted by Gasteiger charge is 2.58. The Labute approximate surface area is 141 Å². The molecule has 4 aliphatic rings. The number of benzene rings is 1. The van der Waals surface area contributed by atoms with Crippen LogP contribution in [-0.2, 0) is 25.6 Å². The molecule has 4 heterocycles. The third kappa shape index (κ3) is 2.79. The average molecular weight is 333 g/mol. The molecule has 130 valence electrons. The summed E-state index contributed by atoms with van der Waals surface area (Å²) < 4.78 is 23.2. The Morgan fingerprint density at radius 3 is 2.54 bits per heavy atom. The van der Waals surface area contributed by atoms with E-state index in [0.717, 1.165) is 18.4 Å². The largest absolute Gasteiger partial charge is 0.445 e. The molecular weight excluding hydrogens is 310 g/mol. The lowest BCUT2D eigenvalue weighted by Crippen LogP contribution is -2.66. The van der Waals surface area contributed by atoms with Crippen LogP contribution in [0.5, 0.6) is 0 Å². The summed E-state index contributed by atoms with van der Waals surface area (Å²) in [6, 6.07) is 9.41. The highest BCUT2D eigenvalue weighted by molar-refractivity contribution is 5.68. The summed E-state index contributed by atoms with van der Waals surface area (Å²) in [6.45, 7) is 4.75. The van der Waals surface area contributed by atoms with Gasteiger partial charge in [0.2, 0.25) is 0 Å². The van der Waals surface area contributed by atoms with Crippen LogP contribution in [0, 0.1) is 5.41 Å². The fourth-order valence-electron chi connectivity index (χ4n) is 3.52. The second-order valence-corrected chi connectivity index (χ2v) is 7.17. The van der Waals surface area contributed by atoms with E-state index < -0.39 is 5.97 Å². The van der Waals surface area contributed by atoms with Crippen molar-refractivity contribution < 1.29 is 23.7 Å². The normalized spacial score (nSPS) is 35.2. The van der Waals surface area contributed by atoms with Crippen molar-refractivity contribution in [3.05, 3.63) is 35.9 Å². The van der Waals surface area contributed by atoms with Gasteiger partial charge in [-0.15, -0.1) is 0 Å². The van der Waals surface area contributed by atoms with Gasteiger partial charge in [0.25, 0.3) is 0 Å². The lowest BCUT2D eigenvalue weighted by molar-refractivity contribution is -0.478. The lowest BCUT2D eigenvalue weighted by Gasteiger charge is -2.53. The van der Waals surface area contributed by atoms with Gasteiger partial charge in [-0.1, -0.05) is 37.3 Å². The van der Waals surface area contributed by atoms with E-state index in [1.165, 1.54) is 0 Å². The van der Waals surface area contributed by atoms with Crippen molar-refractivity contribution >= 4 is 6.09 Å². The Balaban J connectivity index is 1.42. The van der Waals surface area contributed by atoms with Crippen LogP contribution >= 0.6 is 0 Å². The smallest absolute Gasteiger partial charge is 0.410 e. The molecule has 0 spiro atoms. The topological polar surface area (TPSA) is 57.2 Å². The molecule has 1 amide bonds. The van der Waals surface area contributed by atoms with Crippen molar-refractivity contribution in [3.63, 3.8) is 0 Å². The maximum absolute atomic E-state index is 12.5. The van der Waals surface area contributed by atoms with Gasteiger partial charge >= 0.3 is 12.1 Å². The fourth-order valence-corrected chi connectivity index (χ4v) is 3.52. The van der Waals surface area contributed by atoms with Crippen molar-refractivity contribution in [2.45, 2.75) is 38.4 Å². The summed E-state index contributed by atoms with van der Waals surface area (Å²) in [7, 11) is 0. The molecule has 2 bridgehead atoms. The first-order valence-corrected chi connectivity index (χ1v) is 8.50. The van der Waals surface area contributed by atoms with Gasteiger partial charge in [-0.2, -0.15) is 0 Å². The van der Waals surface area contributed by atoms with Gasteiger partial charge in [0, 0.05) is 12.0 Å². The molecule has 0 N–H and O–H groups in total. The molecule has 0 aromatic heterocycles.